The van der Waals surface area contributed by atoms with Gasteiger partial charge in [0.15, 0.2) is 0 Å². The number of hydrogen-bond acceptors (Lipinski definition) is 2. The molecule has 1 N–H and O–H groups in total. The van der Waals surface area contributed by atoms with E-state index < -0.39 is 7.26 Å². The van der Waals surface area contributed by atoms with Gasteiger partial charge in [-0.3, -0.25) is 4.79 Å². The molecule has 0 saturated carbocycles. The Bertz CT molecular complexity index is 562. The van der Waals surface area contributed by atoms with E-state index in [4.69, 9.17) is 5.26 Å². The second-order valence-corrected chi connectivity index (χ2v) is 11.0. The highest BCUT2D eigenvalue weighted by atomic mass is 31.2. The van der Waals surface area contributed by atoms with E-state index in [2.05, 4.69) is 38.8 Å². The summed E-state index contributed by atoms with van der Waals surface area (Å²) in [4.78, 5) is 12.8. The van der Waals surface area contributed by atoms with Gasteiger partial charge in [0.2, 0.25) is 0 Å². The Morgan fingerprint density at radius 2 is 1.73 bits per heavy atom. The van der Waals surface area contributed by atoms with Gasteiger partial charge in [-0.25, -0.2) is 0 Å². The fourth-order valence-corrected chi connectivity index (χ4v) is 5.85. The molecule has 0 aromatic heterocycles. The first-order chi connectivity index (χ1) is 10.3. The second-order valence-electron chi connectivity index (χ2n) is 6.12. The van der Waals surface area contributed by atoms with Gasteiger partial charge in [-0.15, -0.1) is 0 Å². The monoisotopic (exact) mass is 319 g/mol. The van der Waals surface area contributed by atoms with Crippen molar-refractivity contribution in [2.75, 3.05) is 24.3 Å². The Balaban J connectivity index is 3.09. The molecule has 0 bridgehead atoms. The minimum Gasteiger partial charge on any atom is -0.322 e. The molecule has 1 unspecified atom stereocenters. The number of amides is 1. The first kappa shape index (κ1) is 18.7. The molecular weight excluding hydrogens is 291 g/mol. The Morgan fingerprint density at radius 3 is 2.09 bits per heavy atom. The molecule has 120 valence electrons. The summed E-state index contributed by atoms with van der Waals surface area (Å²) in [6.07, 6.45) is 3.08. The van der Waals surface area contributed by atoms with Crippen LogP contribution in [0.2, 0.25) is 0 Å². The van der Waals surface area contributed by atoms with Gasteiger partial charge in [-0.1, -0.05) is 6.92 Å². The number of aryl methyl sites for hydroxylation is 2. The number of nitrogens with zero attached hydrogens (tertiary/aromatic N) is 1. The third kappa shape index (κ3) is 3.87. The normalized spacial score (nSPS) is 12.6. The average Bonchev–Trinajstić information content (AvgIpc) is 2.50. The van der Waals surface area contributed by atoms with Crippen LogP contribution >= 0.6 is 7.26 Å². The zero-order valence-corrected chi connectivity index (χ0v) is 15.6. The van der Waals surface area contributed by atoms with Gasteiger partial charge in [0.1, 0.15) is 5.66 Å². The van der Waals surface area contributed by atoms with Gasteiger partial charge in [-0.2, -0.15) is 5.26 Å². The molecule has 4 heteroatoms. The molecule has 0 radical (unpaired) electrons. The van der Waals surface area contributed by atoms with Gasteiger partial charge in [0, 0.05) is 19.6 Å². The predicted molar refractivity (Wildman–Crippen MR) is 97.3 cm³/mol. The number of anilines is 1. The maximum absolute atomic E-state index is 12.8. The van der Waals surface area contributed by atoms with Crippen LogP contribution in [0.5, 0.6) is 0 Å². The summed E-state index contributed by atoms with van der Waals surface area (Å²) in [5.74, 6) is 0.137. The van der Waals surface area contributed by atoms with E-state index in [1.807, 2.05) is 26.0 Å². The fourth-order valence-electron chi connectivity index (χ4n) is 3.01. The van der Waals surface area contributed by atoms with E-state index in [1.54, 1.807) is 0 Å². The van der Waals surface area contributed by atoms with Gasteiger partial charge in [0.25, 0.3) is 5.91 Å². The number of nitrogens with one attached hydrogen (secondary N) is 1. The smallest absolute Gasteiger partial charge is 0.265 e. The standard InChI is InChI=1S/C18H27N2OP/c1-7-16(22(6,8-2)9-3)18(21)20-17-13(4)10-15(12-19)11-14(17)5/h10-11,16H,7-9H2,1-6H3/p+1. The molecule has 0 saturated heterocycles. The topological polar surface area (TPSA) is 52.9 Å². The van der Waals surface area contributed by atoms with Crippen molar-refractivity contribution in [1.82, 2.24) is 0 Å². The van der Waals surface area contributed by atoms with Crippen LogP contribution in [0.15, 0.2) is 12.1 Å². The maximum Gasteiger partial charge on any atom is 0.265 e. The molecule has 1 amide bonds. The predicted octanol–water partition coefficient (Wildman–Crippen LogP) is 4.58. The van der Waals surface area contributed by atoms with E-state index in [0.717, 1.165) is 35.6 Å². The molecule has 0 fully saturated rings. The lowest BCUT2D eigenvalue weighted by Gasteiger charge is -2.28. The zero-order valence-electron chi connectivity index (χ0n) is 14.7. The summed E-state index contributed by atoms with van der Waals surface area (Å²) in [7, 11) is -1.24. The van der Waals surface area contributed by atoms with Crippen molar-refractivity contribution in [1.29, 1.82) is 5.26 Å². The Hall–Kier alpha value is -1.39. The summed E-state index contributed by atoms with van der Waals surface area (Å²) in [6.45, 7) is 12.7. The van der Waals surface area contributed by atoms with E-state index in [1.165, 1.54) is 0 Å². The third-order valence-corrected chi connectivity index (χ3v) is 9.79. The number of rotatable bonds is 6. The van der Waals surface area contributed by atoms with Crippen LogP contribution in [-0.2, 0) is 4.79 Å². The lowest BCUT2D eigenvalue weighted by atomic mass is 10.0. The van der Waals surface area contributed by atoms with Crippen molar-refractivity contribution in [2.24, 2.45) is 0 Å². The second kappa shape index (κ2) is 7.75. The Morgan fingerprint density at radius 1 is 1.23 bits per heavy atom. The molecule has 0 aliphatic rings. The number of nitriles is 1. The van der Waals surface area contributed by atoms with Crippen LogP contribution in [0.1, 0.15) is 43.9 Å². The summed E-state index contributed by atoms with van der Waals surface area (Å²) in [6, 6.07) is 5.82. The summed E-state index contributed by atoms with van der Waals surface area (Å²) in [5, 5.41) is 12.2. The third-order valence-electron chi connectivity index (χ3n) is 4.80. The Labute approximate surface area is 135 Å². The van der Waals surface area contributed by atoms with Gasteiger partial charge in [0.05, 0.1) is 24.0 Å². The van der Waals surface area contributed by atoms with E-state index >= 15 is 0 Å². The number of hydrogen-bond donors (Lipinski definition) is 1. The summed E-state index contributed by atoms with van der Waals surface area (Å²) < 4.78 is 0. The van der Waals surface area contributed by atoms with E-state index in [9.17, 15) is 4.79 Å². The molecule has 0 aliphatic heterocycles. The summed E-state index contributed by atoms with van der Waals surface area (Å²) in [5.41, 5.74) is 3.51. The van der Waals surface area contributed by atoms with Crippen molar-refractivity contribution in [3.63, 3.8) is 0 Å². The molecule has 1 aromatic carbocycles. The molecule has 0 aliphatic carbocycles. The van der Waals surface area contributed by atoms with Gasteiger partial charge < -0.3 is 5.32 Å². The molecule has 0 spiro atoms. The molecule has 0 heterocycles. The van der Waals surface area contributed by atoms with Gasteiger partial charge >= 0.3 is 0 Å². The molecular formula is C18H28N2OP+. The molecule has 22 heavy (non-hydrogen) atoms. The average molecular weight is 319 g/mol. The number of benzene rings is 1. The maximum atomic E-state index is 12.8. The minimum absolute atomic E-state index is 0.108. The lowest BCUT2D eigenvalue weighted by molar-refractivity contribution is -0.115. The van der Waals surface area contributed by atoms with Crippen molar-refractivity contribution in [3.05, 3.63) is 28.8 Å². The summed E-state index contributed by atoms with van der Waals surface area (Å²) >= 11 is 0. The van der Waals surface area contributed by atoms with E-state index in [-0.39, 0.29) is 11.6 Å². The SMILES string of the molecule is CCC(C(=O)Nc1c(C)cc(C#N)cc1C)[P+](C)(CC)CC. The van der Waals surface area contributed by atoms with Crippen molar-refractivity contribution in [2.45, 2.75) is 46.7 Å². The van der Waals surface area contributed by atoms with Crippen LogP contribution in [-0.4, -0.2) is 30.6 Å². The van der Waals surface area contributed by atoms with Crippen LogP contribution in [0.4, 0.5) is 5.69 Å². The fraction of sp³-hybridized carbons (Fsp3) is 0.556. The number of carbonyl (C=O) groups is 1. The zero-order chi connectivity index (χ0) is 16.9. The van der Waals surface area contributed by atoms with Crippen molar-refractivity contribution in [3.8, 4) is 6.07 Å². The van der Waals surface area contributed by atoms with E-state index in [0.29, 0.717) is 5.56 Å². The molecule has 1 aromatic rings. The van der Waals surface area contributed by atoms with Crippen LogP contribution in [0.25, 0.3) is 0 Å². The van der Waals surface area contributed by atoms with Crippen LogP contribution in [0, 0.1) is 25.2 Å². The minimum atomic E-state index is -1.24. The van der Waals surface area contributed by atoms with Crippen LogP contribution in [0.3, 0.4) is 0 Å². The lowest BCUT2D eigenvalue weighted by Crippen LogP contribution is -2.31. The van der Waals surface area contributed by atoms with Crippen molar-refractivity contribution < 1.29 is 4.79 Å². The Kier molecular flexibility index (Phi) is 6.57. The van der Waals surface area contributed by atoms with Crippen molar-refractivity contribution >= 4 is 18.9 Å². The number of carbonyl (C=O) groups excluding carboxylic acids is 1. The quantitative estimate of drug-likeness (QED) is 0.780. The van der Waals surface area contributed by atoms with Crippen LogP contribution < -0.4 is 5.32 Å². The van der Waals surface area contributed by atoms with Gasteiger partial charge in [-0.05, 0) is 57.4 Å². The molecule has 1 atom stereocenters. The highest BCUT2D eigenvalue weighted by molar-refractivity contribution is 7.76. The highest BCUT2D eigenvalue weighted by Gasteiger charge is 2.41. The highest BCUT2D eigenvalue weighted by Crippen LogP contribution is 2.60. The molecule has 3 nitrogen and oxygen atoms in total. The molecule has 1 rings (SSSR count). The first-order valence-corrected chi connectivity index (χ1v) is 10.7. The largest absolute Gasteiger partial charge is 0.322 e. The first-order valence-electron chi connectivity index (χ1n) is 7.99.